The molecule has 0 saturated carbocycles. The first-order valence-corrected chi connectivity index (χ1v) is 4.23. The third-order valence-electron chi connectivity index (χ3n) is 1.05. The van der Waals surface area contributed by atoms with Crippen LogP contribution >= 0.6 is 7.68 Å². The van der Waals surface area contributed by atoms with Crippen molar-refractivity contribution < 1.29 is 13.7 Å². The van der Waals surface area contributed by atoms with E-state index in [4.69, 9.17) is 4.89 Å². The molecular weight excluding hydrogens is 142 g/mol. The van der Waals surface area contributed by atoms with Crippen LogP contribution in [0.3, 0.4) is 0 Å². The fraction of sp³-hybridized carbons (Fsp3) is 0.600. The van der Waals surface area contributed by atoms with Gasteiger partial charge in [0.15, 0.2) is 0 Å². The molecule has 9 heavy (non-hydrogen) atoms. The maximum atomic E-state index is 12.0. The van der Waals surface area contributed by atoms with E-state index in [0.717, 1.165) is 0 Å². The minimum Gasteiger partial charge on any atom is -0.321 e. The fourth-order valence-electron chi connectivity index (χ4n) is 0.371. The van der Waals surface area contributed by atoms with E-state index in [1.165, 1.54) is 13.0 Å². The summed E-state index contributed by atoms with van der Waals surface area (Å²) in [4.78, 5) is 8.26. The topological polar surface area (TPSA) is 37.3 Å². The number of hydrogen-bond acceptors (Lipinski definition) is 1. The summed E-state index contributed by atoms with van der Waals surface area (Å²) in [7, 11) is -4.34. The third-order valence-corrected chi connectivity index (χ3v) is 2.35. The van der Waals surface area contributed by atoms with E-state index in [1.807, 2.05) is 0 Å². The molecule has 54 valence electrons. The zero-order valence-electron chi connectivity index (χ0n) is 5.25. The minimum atomic E-state index is -4.34. The zero-order chi connectivity index (χ0) is 7.49. The van der Waals surface area contributed by atoms with Crippen LogP contribution in [-0.2, 0) is 4.57 Å². The van der Waals surface area contributed by atoms with Gasteiger partial charge in [0.05, 0.1) is 5.66 Å². The molecule has 0 aromatic carbocycles. The van der Waals surface area contributed by atoms with E-state index in [0.29, 0.717) is 0 Å². The Hall–Kier alpha value is -0.140. The average Bonchev–Trinajstić information content (AvgIpc) is 1.64. The summed E-state index contributed by atoms with van der Waals surface area (Å²) in [5.41, 5.74) is -0.810. The van der Waals surface area contributed by atoms with E-state index in [9.17, 15) is 8.76 Å². The van der Waals surface area contributed by atoms with Crippen LogP contribution in [0.1, 0.15) is 13.3 Å². The smallest absolute Gasteiger partial charge is 0.321 e. The predicted octanol–water partition coefficient (Wildman–Crippen LogP) is 2.11. The van der Waals surface area contributed by atoms with Crippen molar-refractivity contribution in [2.24, 2.45) is 0 Å². The molecule has 0 aromatic heterocycles. The number of hydrogen-bond donors (Lipinski definition) is 1. The van der Waals surface area contributed by atoms with Gasteiger partial charge in [0.1, 0.15) is 0 Å². The average molecular weight is 152 g/mol. The van der Waals surface area contributed by atoms with Crippen molar-refractivity contribution in [1.82, 2.24) is 0 Å². The van der Waals surface area contributed by atoms with Crippen molar-refractivity contribution in [2.45, 2.75) is 19.0 Å². The van der Waals surface area contributed by atoms with E-state index < -0.39 is 13.3 Å². The molecule has 0 rings (SSSR count). The summed E-state index contributed by atoms with van der Waals surface area (Å²) < 4.78 is 22.2. The molecule has 2 atom stereocenters. The molecule has 2 nitrogen and oxygen atoms in total. The van der Waals surface area contributed by atoms with Gasteiger partial charge in [-0.05, 0) is 6.42 Å². The van der Waals surface area contributed by atoms with Crippen LogP contribution in [-0.4, -0.2) is 10.6 Å². The Morgan fingerprint density at radius 1 is 2.00 bits per heavy atom. The Kier molecular flexibility index (Phi) is 3.09. The van der Waals surface area contributed by atoms with E-state index in [1.54, 1.807) is 0 Å². The summed E-state index contributed by atoms with van der Waals surface area (Å²) >= 11 is 0. The molecule has 0 aliphatic heterocycles. The van der Waals surface area contributed by atoms with E-state index in [-0.39, 0.29) is 6.42 Å². The van der Waals surface area contributed by atoms with Gasteiger partial charge in [-0.3, -0.25) is 4.57 Å². The second-order valence-corrected chi connectivity index (χ2v) is 3.89. The van der Waals surface area contributed by atoms with Crippen LogP contribution in [0.15, 0.2) is 12.7 Å². The van der Waals surface area contributed by atoms with Gasteiger partial charge in [-0.1, -0.05) is 13.0 Å². The molecule has 0 saturated heterocycles. The standard InChI is InChI=1S/C5H10FO2P/c1-3-4-5(2)9(6,7)8/h3,5H,1,4H2,2H3,(H,7,8). The summed E-state index contributed by atoms with van der Waals surface area (Å²) in [6.07, 6.45) is 1.66. The fourth-order valence-corrected chi connectivity index (χ4v) is 0.780. The highest BCUT2D eigenvalue weighted by Crippen LogP contribution is 2.48. The molecule has 2 unspecified atom stereocenters. The maximum Gasteiger partial charge on any atom is 0.368 e. The van der Waals surface area contributed by atoms with Gasteiger partial charge >= 0.3 is 7.68 Å². The van der Waals surface area contributed by atoms with Gasteiger partial charge in [-0.2, -0.15) is 4.20 Å². The van der Waals surface area contributed by atoms with Crippen molar-refractivity contribution in [2.75, 3.05) is 0 Å². The SMILES string of the molecule is C=CCC(C)P(=O)(O)F. The molecule has 0 aliphatic rings. The molecule has 0 radical (unpaired) electrons. The highest BCUT2D eigenvalue weighted by molar-refractivity contribution is 7.53. The Morgan fingerprint density at radius 2 is 2.44 bits per heavy atom. The van der Waals surface area contributed by atoms with Gasteiger partial charge in [0.2, 0.25) is 0 Å². The van der Waals surface area contributed by atoms with Crippen molar-refractivity contribution in [3.05, 3.63) is 12.7 Å². The summed E-state index contributed by atoms with van der Waals surface area (Å²) in [6, 6.07) is 0. The molecule has 4 heteroatoms. The first kappa shape index (κ1) is 8.86. The third kappa shape index (κ3) is 3.44. The molecular formula is C5H10FO2P. The van der Waals surface area contributed by atoms with Crippen LogP contribution < -0.4 is 0 Å². The summed E-state index contributed by atoms with van der Waals surface area (Å²) in [5.74, 6) is 0. The Balaban J connectivity index is 3.88. The molecule has 1 N–H and O–H groups in total. The predicted molar refractivity (Wildman–Crippen MR) is 35.2 cm³/mol. The number of rotatable bonds is 3. The van der Waals surface area contributed by atoms with Gasteiger partial charge in [0.25, 0.3) is 0 Å². The van der Waals surface area contributed by atoms with Crippen LogP contribution in [0, 0.1) is 0 Å². The monoisotopic (exact) mass is 152 g/mol. The van der Waals surface area contributed by atoms with Crippen LogP contribution in [0.25, 0.3) is 0 Å². The normalized spacial score (nSPS) is 20.3. The lowest BCUT2D eigenvalue weighted by Gasteiger charge is -2.06. The van der Waals surface area contributed by atoms with Gasteiger partial charge in [-0.25, -0.2) is 0 Å². The molecule has 0 spiro atoms. The largest absolute Gasteiger partial charge is 0.368 e. The molecule has 0 bridgehead atoms. The summed E-state index contributed by atoms with van der Waals surface area (Å²) in [6.45, 7) is 4.69. The lowest BCUT2D eigenvalue weighted by molar-refractivity contribution is 0.416. The second-order valence-electron chi connectivity index (χ2n) is 1.92. The number of halogens is 1. The van der Waals surface area contributed by atoms with Gasteiger partial charge in [-0.15, -0.1) is 6.58 Å². The molecule has 0 aromatic rings. The highest BCUT2D eigenvalue weighted by Gasteiger charge is 2.24. The van der Waals surface area contributed by atoms with Crippen LogP contribution in [0.2, 0.25) is 0 Å². The van der Waals surface area contributed by atoms with Crippen molar-refractivity contribution >= 4 is 7.68 Å². The van der Waals surface area contributed by atoms with Gasteiger partial charge < -0.3 is 4.89 Å². The minimum absolute atomic E-state index is 0.240. The molecule has 0 heterocycles. The zero-order valence-corrected chi connectivity index (χ0v) is 6.14. The van der Waals surface area contributed by atoms with Crippen molar-refractivity contribution in [1.29, 1.82) is 0 Å². The first-order chi connectivity index (χ1) is 3.98. The maximum absolute atomic E-state index is 12.0. The van der Waals surface area contributed by atoms with E-state index in [2.05, 4.69) is 6.58 Å². The number of allylic oxidation sites excluding steroid dienone is 1. The van der Waals surface area contributed by atoms with Gasteiger partial charge in [0, 0.05) is 0 Å². The molecule has 0 aliphatic carbocycles. The van der Waals surface area contributed by atoms with Crippen LogP contribution in [0.5, 0.6) is 0 Å². The Bertz CT molecular complexity index is 140. The Labute approximate surface area is 54.0 Å². The highest BCUT2D eigenvalue weighted by atomic mass is 31.2. The van der Waals surface area contributed by atoms with Crippen molar-refractivity contribution in [3.8, 4) is 0 Å². The van der Waals surface area contributed by atoms with Crippen LogP contribution in [0.4, 0.5) is 4.20 Å². The van der Waals surface area contributed by atoms with E-state index >= 15 is 0 Å². The van der Waals surface area contributed by atoms with Crippen molar-refractivity contribution in [3.63, 3.8) is 0 Å². The molecule has 0 fully saturated rings. The summed E-state index contributed by atoms with van der Waals surface area (Å²) in [5, 5.41) is 0. The quantitative estimate of drug-likeness (QED) is 0.496. The lowest BCUT2D eigenvalue weighted by Crippen LogP contribution is -1.96. The molecule has 0 amide bonds. The Morgan fingerprint density at radius 3 is 2.56 bits per heavy atom. The second kappa shape index (κ2) is 3.14. The first-order valence-electron chi connectivity index (χ1n) is 2.61. The lowest BCUT2D eigenvalue weighted by atomic mass is 10.3.